The summed E-state index contributed by atoms with van der Waals surface area (Å²) in [6.45, 7) is 1.70. The van der Waals surface area contributed by atoms with Crippen molar-refractivity contribution < 1.29 is 14.4 Å². The number of carbonyl (C=O) groups is 3. The number of nitrogens with one attached hydrogen (secondary N) is 2. The highest BCUT2D eigenvalue weighted by atomic mass is 16.2. The minimum Gasteiger partial charge on any atom is -0.325 e. The van der Waals surface area contributed by atoms with E-state index >= 15 is 0 Å². The van der Waals surface area contributed by atoms with Crippen LogP contribution in [0.1, 0.15) is 13.3 Å². The molecule has 0 aromatic carbocycles. The maximum atomic E-state index is 11.6. The lowest BCUT2D eigenvalue weighted by Gasteiger charge is -2.25. The van der Waals surface area contributed by atoms with Gasteiger partial charge in [0.2, 0.25) is 11.8 Å². The summed E-state index contributed by atoms with van der Waals surface area (Å²) in [5, 5.41) is 4.79. The molecule has 0 radical (unpaired) electrons. The summed E-state index contributed by atoms with van der Waals surface area (Å²) in [7, 11) is 0. The maximum Gasteiger partial charge on any atom is 0.329 e. The zero-order valence-electron chi connectivity index (χ0n) is 9.77. The number of urea groups is 1. The van der Waals surface area contributed by atoms with Crippen molar-refractivity contribution in [1.29, 1.82) is 0 Å². The molecule has 7 heteroatoms. The molecule has 1 aliphatic rings. The van der Waals surface area contributed by atoms with Crippen LogP contribution in [0.15, 0.2) is 18.3 Å². The zero-order chi connectivity index (χ0) is 13.1. The number of aromatic nitrogens is 1. The third-order valence-corrected chi connectivity index (χ3v) is 2.40. The molecule has 0 saturated carbocycles. The van der Waals surface area contributed by atoms with Crippen molar-refractivity contribution in [1.82, 2.24) is 10.3 Å². The molecule has 18 heavy (non-hydrogen) atoms. The van der Waals surface area contributed by atoms with E-state index in [1.165, 1.54) is 18.0 Å². The van der Waals surface area contributed by atoms with Crippen molar-refractivity contribution in [2.45, 2.75) is 13.3 Å². The Bertz CT molecular complexity index is 498. The lowest BCUT2D eigenvalue weighted by Crippen LogP contribution is -2.49. The molecule has 4 amide bonds. The van der Waals surface area contributed by atoms with E-state index in [2.05, 4.69) is 15.6 Å². The number of pyridine rings is 1. The number of hydrogen-bond donors (Lipinski definition) is 2. The number of carbonyl (C=O) groups excluding carboxylic acids is 3. The summed E-state index contributed by atoms with van der Waals surface area (Å²) in [5.41, 5.74) is 0.555. The molecule has 0 aliphatic carbocycles. The second-order valence-corrected chi connectivity index (χ2v) is 3.84. The van der Waals surface area contributed by atoms with Crippen LogP contribution in [0.2, 0.25) is 0 Å². The topological polar surface area (TPSA) is 91.4 Å². The number of rotatable bonds is 2. The molecule has 1 aromatic rings. The van der Waals surface area contributed by atoms with Crippen molar-refractivity contribution in [3.05, 3.63) is 18.3 Å². The Morgan fingerprint density at radius 1 is 1.44 bits per heavy atom. The lowest BCUT2D eigenvalue weighted by atomic mass is 10.3. The molecular weight excluding hydrogens is 236 g/mol. The minimum absolute atomic E-state index is 0.189. The fourth-order valence-corrected chi connectivity index (χ4v) is 1.61. The van der Waals surface area contributed by atoms with Crippen LogP contribution in [-0.2, 0) is 9.59 Å². The fourth-order valence-electron chi connectivity index (χ4n) is 1.61. The molecule has 0 atom stereocenters. The summed E-state index contributed by atoms with van der Waals surface area (Å²) in [6, 6.07) is 2.78. The van der Waals surface area contributed by atoms with Gasteiger partial charge < -0.3 is 5.32 Å². The molecule has 0 bridgehead atoms. The molecule has 1 fully saturated rings. The Hall–Kier alpha value is -2.44. The normalized spacial score (nSPS) is 15.3. The Morgan fingerprint density at radius 3 is 2.78 bits per heavy atom. The van der Waals surface area contributed by atoms with E-state index in [0.29, 0.717) is 18.1 Å². The number of amides is 4. The van der Waals surface area contributed by atoms with Gasteiger partial charge in [0.15, 0.2) is 0 Å². The van der Waals surface area contributed by atoms with Gasteiger partial charge in [-0.25, -0.2) is 9.78 Å². The molecule has 0 spiro atoms. The van der Waals surface area contributed by atoms with Gasteiger partial charge in [-0.2, -0.15) is 0 Å². The molecule has 0 unspecified atom stereocenters. The third kappa shape index (κ3) is 2.62. The summed E-state index contributed by atoms with van der Waals surface area (Å²) >= 11 is 0. The Kier molecular flexibility index (Phi) is 3.22. The first-order valence-electron chi connectivity index (χ1n) is 5.41. The van der Waals surface area contributed by atoms with Crippen molar-refractivity contribution in [2.24, 2.45) is 0 Å². The summed E-state index contributed by atoms with van der Waals surface area (Å²) in [6.07, 6.45) is 1.71. The molecule has 1 saturated heterocycles. The molecular formula is C11H12N4O3. The van der Waals surface area contributed by atoms with Gasteiger partial charge in [-0.15, -0.1) is 0 Å². The molecule has 94 valence electrons. The van der Waals surface area contributed by atoms with E-state index in [4.69, 9.17) is 0 Å². The van der Waals surface area contributed by atoms with Gasteiger partial charge in [0.25, 0.3) is 0 Å². The number of imide groups is 1. The molecule has 2 heterocycles. The van der Waals surface area contributed by atoms with Crippen molar-refractivity contribution >= 4 is 29.4 Å². The Morgan fingerprint density at radius 2 is 2.22 bits per heavy atom. The largest absolute Gasteiger partial charge is 0.329 e. The second kappa shape index (κ2) is 4.82. The first-order valence-corrected chi connectivity index (χ1v) is 5.41. The highest BCUT2D eigenvalue weighted by Crippen LogP contribution is 2.16. The van der Waals surface area contributed by atoms with Crippen LogP contribution in [0.3, 0.4) is 0 Å². The summed E-state index contributed by atoms with van der Waals surface area (Å²) in [4.78, 5) is 38.8. The van der Waals surface area contributed by atoms with Crippen molar-refractivity contribution in [2.75, 3.05) is 16.8 Å². The first-order chi connectivity index (χ1) is 8.56. The van der Waals surface area contributed by atoms with Crippen molar-refractivity contribution in [3.8, 4) is 0 Å². The molecule has 7 nitrogen and oxygen atoms in total. The van der Waals surface area contributed by atoms with Gasteiger partial charge in [0.1, 0.15) is 5.82 Å². The average molecular weight is 248 g/mol. The first kappa shape index (κ1) is 12.0. The standard InChI is InChI=1S/C11H12N4O3/c1-7(16)13-8-2-3-9(12-6-8)15-5-4-10(17)14-11(15)18/h2-3,6H,4-5H2,1H3,(H,13,16)(H,14,17,18). The van der Waals surface area contributed by atoms with Crippen LogP contribution in [0, 0.1) is 0 Å². The smallest absolute Gasteiger partial charge is 0.325 e. The SMILES string of the molecule is CC(=O)Nc1ccc(N2CCC(=O)NC2=O)nc1. The van der Waals surface area contributed by atoms with Crippen LogP contribution in [0.25, 0.3) is 0 Å². The van der Waals surface area contributed by atoms with Crippen LogP contribution >= 0.6 is 0 Å². The van der Waals surface area contributed by atoms with E-state index in [0.717, 1.165) is 0 Å². The minimum atomic E-state index is -0.481. The number of hydrogen-bond acceptors (Lipinski definition) is 4. The Balaban J connectivity index is 2.12. The van der Waals surface area contributed by atoms with Crippen LogP contribution < -0.4 is 15.5 Å². The number of anilines is 2. The van der Waals surface area contributed by atoms with E-state index in [1.54, 1.807) is 12.1 Å². The lowest BCUT2D eigenvalue weighted by molar-refractivity contribution is -0.120. The second-order valence-electron chi connectivity index (χ2n) is 3.84. The van der Waals surface area contributed by atoms with Gasteiger partial charge in [-0.05, 0) is 12.1 Å². The van der Waals surface area contributed by atoms with Crippen LogP contribution in [0.5, 0.6) is 0 Å². The third-order valence-electron chi connectivity index (χ3n) is 2.40. The summed E-state index contributed by atoms with van der Waals surface area (Å²) in [5.74, 6) is -0.0360. The zero-order valence-corrected chi connectivity index (χ0v) is 9.77. The molecule has 2 N–H and O–H groups in total. The predicted octanol–water partition coefficient (Wildman–Crippen LogP) is 0.486. The van der Waals surface area contributed by atoms with E-state index in [1.807, 2.05) is 0 Å². The maximum absolute atomic E-state index is 11.6. The van der Waals surface area contributed by atoms with Gasteiger partial charge >= 0.3 is 6.03 Å². The monoisotopic (exact) mass is 248 g/mol. The molecule has 2 rings (SSSR count). The van der Waals surface area contributed by atoms with Gasteiger partial charge in [0.05, 0.1) is 11.9 Å². The quantitative estimate of drug-likeness (QED) is 0.796. The molecule has 1 aliphatic heterocycles. The van der Waals surface area contributed by atoms with Gasteiger partial charge in [-0.1, -0.05) is 0 Å². The van der Waals surface area contributed by atoms with E-state index < -0.39 is 6.03 Å². The van der Waals surface area contributed by atoms with Crippen LogP contribution in [0.4, 0.5) is 16.3 Å². The van der Waals surface area contributed by atoms with Gasteiger partial charge in [0, 0.05) is 19.9 Å². The summed E-state index contributed by atoms with van der Waals surface area (Å²) < 4.78 is 0. The average Bonchev–Trinajstić information content (AvgIpc) is 2.30. The van der Waals surface area contributed by atoms with Crippen LogP contribution in [-0.4, -0.2) is 29.4 Å². The highest BCUT2D eigenvalue weighted by Gasteiger charge is 2.24. The highest BCUT2D eigenvalue weighted by molar-refractivity contribution is 6.05. The predicted molar refractivity (Wildman–Crippen MR) is 64.0 cm³/mol. The van der Waals surface area contributed by atoms with E-state index in [-0.39, 0.29) is 18.2 Å². The van der Waals surface area contributed by atoms with E-state index in [9.17, 15) is 14.4 Å². The van der Waals surface area contributed by atoms with Crippen molar-refractivity contribution in [3.63, 3.8) is 0 Å². The Labute approximate surface area is 103 Å². The number of nitrogens with zero attached hydrogens (tertiary/aromatic N) is 2. The van der Waals surface area contributed by atoms with Gasteiger partial charge in [-0.3, -0.25) is 19.8 Å². The molecule has 1 aromatic heterocycles. The fraction of sp³-hybridized carbons (Fsp3) is 0.273.